The number of para-hydroxylation sites is 1. The summed E-state index contributed by atoms with van der Waals surface area (Å²) in [5.74, 6) is -0.522. The van der Waals surface area contributed by atoms with E-state index in [1.807, 2.05) is 0 Å². The monoisotopic (exact) mass is 237 g/mol. The van der Waals surface area contributed by atoms with Crippen LogP contribution in [0.5, 0.6) is 0 Å². The normalized spacial score (nSPS) is 15.8. The first-order valence-corrected chi connectivity index (χ1v) is 5.78. The van der Waals surface area contributed by atoms with Gasteiger partial charge in [-0.05, 0) is 25.0 Å². The van der Waals surface area contributed by atoms with Gasteiger partial charge in [0, 0.05) is 6.04 Å². The van der Waals surface area contributed by atoms with Crippen molar-refractivity contribution in [3.05, 3.63) is 24.0 Å². The van der Waals surface area contributed by atoms with Gasteiger partial charge in [-0.1, -0.05) is 18.9 Å². The van der Waals surface area contributed by atoms with Gasteiger partial charge in [0.25, 0.3) is 0 Å². The molecule has 1 saturated carbocycles. The number of carbonyl (C=O) groups excluding carboxylic acids is 1. The minimum Gasteiger partial charge on any atom is -0.397 e. The first-order valence-electron chi connectivity index (χ1n) is 5.78. The van der Waals surface area contributed by atoms with Crippen molar-refractivity contribution < 1.29 is 9.18 Å². The van der Waals surface area contributed by atoms with E-state index in [1.54, 1.807) is 6.07 Å². The molecule has 2 amide bonds. The number of rotatable bonds is 2. The van der Waals surface area contributed by atoms with E-state index in [2.05, 4.69) is 10.6 Å². The van der Waals surface area contributed by atoms with Crippen molar-refractivity contribution in [3.8, 4) is 0 Å². The van der Waals surface area contributed by atoms with Gasteiger partial charge in [-0.15, -0.1) is 0 Å². The molecule has 1 fully saturated rings. The molecule has 5 heteroatoms. The van der Waals surface area contributed by atoms with Crippen molar-refractivity contribution in [1.29, 1.82) is 0 Å². The predicted octanol–water partition coefficient (Wildman–Crippen LogP) is 2.47. The Hall–Kier alpha value is -1.78. The largest absolute Gasteiger partial charge is 0.397 e. The Morgan fingerprint density at radius 2 is 2.06 bits per heavy atom. The van der Waals surface area contributed by atoms with E-state index in [0.29, 0.717) is 0 Å². The lowest BCUT2D eigenvalue weighted by Crippen LogP contribution is -2.36. The number of nitrogens with one attached hydrogen (secondary N) is 2. The van der Waals surface area contributed by atoms with E-state index < -0.39 is 11.8 Å². The minimum atomic E-state index is -0.522. The maximum Gasteiger partial charge on any atom is 0.319 e. The summed E-state index contributed by atoms with van der Waals surface area (Å²) in [6, 6.07) is 4.12. The van der Waals surface area contributed by atoms with Crippen LogP contribution in [0.3, 0.4) is 0 Å². The SMILES string of the molecule is Nc1cccc(F)c1NC(=O)NC1CCCC1. The summed E-state index contributed by atoms with van der Waals surface area (Å²) in [5.41, 5.74) is 5.87. The standard InChI is InChI=1S/C12H16FN3O/c13-9-6-3-7-10(14)11(9)16-12(17)15-8-4-1-2-5-8/h3,6-8H,1-2,4-5,14H2,(H2,15,16,17). The number of amides is 2. The third-order valence-corrected chi connectivity index (χ3v) is 2.97. The van der Waals surface area contributed by atoms with Crippen LogP contribution in [-0.4, -0.2) is 12.1 Å². The summed E-state index contributed by atoms with van der Waals surface area (Å²) in [6.07, 6.45) is 4.24. The van der Waals surface area contributed by atoms with E-state index in [4.69, 9.17) is 5.73 Å². The van der Waals surface area contributed by atoms with Gasteiger partial charge in [0.15, 0.2) is 0 Å². The molecule has 0 bridgehead atoms. The molecule has 0 radical (unpaired) electrons. The van der Waals surface area contributed by atoms with Crippen LogP contribution >= 0.6 is 0 Å². The molecule has 1 aliphatic carbocycles. The number of nitrogen functional groups attached to an aromatic ring is 1. The fourth-order valence-electron chi connectivity index (χ4n) is 2.08. The van der Waals surface area contributed by atoms with Crippen LogP contribution in [0.15, 0.2) is 18.2 Å². The Bertz CT molecular complexity index is 396. The van der Waals surface area contributed by atoms with Crippen LogP contribution in [0.1, 0.15) is 25.7 Å². The molecule has 1 aliphatic rings. The second kappa shape index (κ2) is 5.03. The van der Waals surface area contributed by atoms with Crippen LogP contribution < -0.4 is 16.4 Å². The smallest absolute Gasteiger partial charge is 0.319 e. The highest BCUT2D eigenvalue weighted by Crippen LogP contribution is 2.22. The second-order valence-electron chi connectivity index (χ2n) is 4.28. The van der Waals surface area contributed by atoms with Gasteiger partial charge >= 0.3 is 6.03 Å². The number of urea groups is 1. The van der Waals surface area contributed by atoms with Crippen molar-refractivity contribution in [2.24, 2.45) is 0 Å². The summed E-state index contributed by atoms with van der Waals surface area (Å²) >= 11 is 0. The maximum atomic E-state index is 13.4. The molecule has 1 aromatic rings. The summed E-state index contributed by atoms with van der Waals surface area (Å²) in [7, 11) is 0. The van der Waals surface area contributed by atoms with Crippen molar-refractivity contribution >= 4 is 17.4 Å². The zero-order valence-corrected chi connectivity index (χ0v) is 9.50. The van der Waals surface area contributed by atoms with Gasteiger partial charge in [0.05, 0.1) is 5.69 Å². The number of hydrogen-bond acceptors (Lipinski definition) is 2. The fraction of sp³-hybridized carbons (Fsp3) is 0.417. The molecular formula is C12H16FN3O. The molecule has 1 aromatic carbocycles. The number of carbonyl (C=O) groups is 1. The molecule has 0 unspecified atom stereocenters. The van der Waals surface area contributed by atoms with Crippen LogP contribution in [-0.2, 0) is 0 Å². The zero-order chi connectivity index (χ0) is 12.3. The second-order valence-corrected chi connectivity index (χ2v) is 4.28. The van der Waals surface area contributed by atoms with Crippen LogP contribution in [0.2, 0.25) is 0 Å². The van der Waals surface area contributed by atoms with Crippen molar-refractivity contribution in [1.82, 2.24) is 5.32 Å². The topological polar surface area (TPSA) is 67.1 Å². The van der Waals surface area contributed by atoms with Gasteiger partial charge in [-0.3, -0.25) is 0 Å². The quantitative estimate of drug-likeness (QED) is 0.692. The predicted molar refractivity (Wildman–Crippen MR) is 65.2 cm³/mol. The van der Waals surface area contributed by atoms with Gasteiger partial charge in [0.1, 0.15) is 11.5 Å². The summed E-state index contributed by atoms with van der Waals surface area (Å²) in [4.78, 5) is 11.6. The van der Waals surface area contributed by atoms with Crippen molar-refractivity contribution in [2.75, 3.05) is 11.1 Å². The first-order chi connectivity index (χ1) is 8.16. The van der Waals surface area contributed by atoms with Crippen molar-refractivity contribution in [2.45, 2.75) is 31.7 Å². The molecule has 0 aromatic heterocycles. The molecule has 0 atom stereocenters. The third kappa shape index (κ3) is 2.87. The lowest BCUT2D eigenvalue weighted by atomic mass is 10.2. The Morgan fingerprint density at radius 3 is 2.71 bits per heavy atom. The fourth-order valence-corrected chi connectivity index (χ4v) is 2.08. The number of hydrogen-bond donors (Lipinski definition) is 3. The molecule has 0 saturated heterocycles. The molecule has 4 nitrogen and oxygen atoms in total. The Morgan fingerprint density at radius 1 is 1.35 bits per heavy atom. The number of benzene rings is 1. The number of nitrogens with two attached hydrogens (primary N) is 1. The maximum absolute atomic E-state index is 13.4. The summed E-state index contributed by atoms with van der Waals surface area (Å²) in [5, 5.41) is 5.26. The lowest BCUT2D eigenvalue weighted by Gasteiger charge is -2.14. The molecule has 0 spiro atoms. The zero-order valence-electron chi connectivity index (χ0n) is 9.50. The van der Waals surface area contributed by atoms with E-state index in [-0.39, 0.29) is 17.4 Å². The summed E-state index contributed by atoms with van der Waals surface area (Å²) < 4.78 is 13.4. The summed E-state index contributed by atoms with van der Waals surface area (Å²) in [6.45, 7) is 0. The van der Waals surface area contributed by atoms with Gasteiger partial charge in [0.2, 0.25) is 0 Å². The molecule has 2 rings (SSSR count). The van der Waals surface area contributed by atoms with Crippen molar-refractivity contribution in [3.63, 3.8) is 0 Å². The average molecular weight is 237 g/mol. The Balaban J connectivity index is 1.97. The molecule has 0 aliphatic heterocycles. The highest BCUT2D eigenvalue weighted by atomic mass is 19.1. The van der Waals surface area contributed by atoms with Gasteiger partial charge in [-0.25, -0.2) is 9.18 Å². The lowest BCUT2D eigenvalue weighted by molar-refractivity contribution is 0.248. The highest BCUT2D eigenvalue weighted by molar-refractivity contribution is 5.92. The molecule has 92 valence electrons. The van der Waals surface area contributed by atoms with E-state index in [9.17, 15) is 9.18 Å². The molecule has 17 heavy (non-hydrogen) atoms. The third-order valence-electron chi connectivity index (χ3n) is 2.97. The number of anilines is 2. The van der Waals surface area contributed by atoms with Crippen LogP contribution in [0, 0.1) is 5.82 Å². The minimum absolute atomic E-state index is 0.0444. The van der Waals surface area contributed by atoms with E-state index >= 15 is 0 Å². The first kappa shape index (κ1) is 11.7. The highest BCUT2D eigenvalue weighted by Gasteiger charge is 2.18. The number of halogens is 1. The van der Waals surface area contributed by atoms with E-state index in [0.717, 1.165) is 25.7 Å². The van der Waals surface area contributed by atoms with Crippen LogP contribution in [0.25, 0.3) is 0 Å². The average Bonchev–Trinajstić information content (AvgIpc) is 2.76. The van der Waals surface area contributed by atoms with Gasteiger partial charge < -0.3 is 16.4 Å². The van der Waals surface area contributed by atoms with Gasteiger partial charge in [-0.2, -0.15) is 0 Å². The molecule has 0 heterocycles. The molecule has 4 N–H and O–H groups in total. The Labute approximate surface area is 99.4 Å². The Kier molecular flexibility index (Phi) is 3.46. The van der Waals surface area contributed by atoms with E-state index in [1.165, 1.54) is 12.1 Å². The molecular weight excluding hydrogens is 221 g/mol. The van der Waals surface area contributed by atoms with Crippen LogP contribution in [0.4, 0.5) is 20.6 Å².